The Balaban J connectivity index is 2.00. The van der Waals surface area contributed by atoms with E-state index in [1.165, 1.54) is 4.31 Å². The molecule has 2 rings (SSSR count). The van der Waals surface area contributed by atoms with Crippen molar-refractivity contribution in [2.75, 3.05) is 19.4 Å². The molecule has 6 heteroatoms. The third-order valence-corrected chi connectivity index (χ3v) is 5.40. The maximum Gasteiger partial charge on any atom is 0.216 e. The van der Waals surface area contributed by atoms with Crippen molar-refractivity contribution in [1.29, 1.82) is 0 Å². The fraction of sp³-hybridized carbons (Fsp3) is 0.571. The van der Waals surface area contributed by atoms with E-state index in [-0.39, 0.29) is 11.9 Å². The van der Waals surface area contributed by atoms with E-state index in [1.54, 1.807) is 7.05 Å². The van der Waals surface area contributed by atoms with Crippen molar-refractivity contribution in [3.8, 4) is 0 Å². The van der Waals surface area contributed by atoms with Gasteiger partial charge in [0.15, 0.2) is 0 Å². The number of sulfonamides is 1. The topological polar surface area (TPSA) is 72.6 Å². The molecule has 5 nitrogen and oxygen atoms in total. The first-order valence-electron chi connectivity index (χ1n) is 6.85. The van der Waals surface area contributed by atoms with Gasteiger partial charge in [0.1, 0.15) is 0 Å². The van der Waals surface area contributed by atoms with Gasteiger partial charge in [0.05, 0.1) is 11.9 Å². The molecular formula is C14H22N2O3S. The van der Waals surface area contributed by atoms with Gasteiger partial charge < -0.3 is 10.5 Å². The normalized spacial score (nSPS) is 19.6. The molecule has 0 spiro atoms. The van der Waals surface area contributed by atoms with Crippen LogP contribution in [0.25, 0.3) is 0 Å². The largest absolute Gasteiger partial charge is 0.377 e. The summed E-state index contributed by atoms with van der Waals surface area (Å²) in [7, 11) is -1.67. The molecular weight excluding hydrogens is 276 g/mol. The molecule has 112 valence electrons. The van der Waals surface area contributed by atoms with Gasteiger partial charge >= 0.3 is 0 Å². The fourth-order valence-electron chi connectivity index (χ4n) is 2.35. The average Bonchev–Trinajstić information content (AvgIpc) is 2.91. The highest BCUT2D eigenvalue weighted by Crippen LogP contribution is 2.17. The highest BCUT2D eigenvalue weighted by molar-refractivity contribution is 7.89. The summed E-state index contributed by atoms with van der Waals surface area (Å²) in [6.07, 6.45) is 1.62. The predicted molar refractivity (Wildman–Crippen MR) is 78.6 cm³/mol. The average molecular weight is 298 g/mol. The van der Waals surface area contributed by atoms with Crippen LogP contribution in [0.3, 0.4) is 0 Å². The Hall–Kier alpha value is -0.950. The number of hydrogen-bond acceptors (Lipinski definition) is 4. The maximum absolute atomic E-state index is 12.3. The van der Waals surface area contributed by atoms with Gasteiger partial charge in [-0.1, -0.05) is 24.3 Å². The van der Waals surface area contributed by atoms with E-state index < -0.39 is 10.0 Å². The van der Waals surface area contributed by atoms with Gasteiger partial charge in [0, 0.05) is 26.7 Å². The van der Waals surface area contributed by atoms with Crippen LogP contribution >= 0.6 is 0 Å². The monoisotopic (exact) mass is 298 g/mol. The van der Waals surface area contributed by atoms with E-state index >= 15 is 0 Å². The lowest BCUT2D eigenvalue weighted by molar-refractivity contribution is 0.126. The van der Waals surface area contributed by atoms with Crippen LogP contribution in [0.4, 0.5) is 0 Å². The number of rotatable bonds is 6. The molecule has 1 saturated heterocycles. The summed E-state index contributed by atoms with van der Waals surface area (Å²) < 4.78 is 31.3. The van der Waals surface area contributed by atoms with Crippen molar-refractivity contribution < 1.29 is 13.2 Å². The molecule has 0 radical (unpaired) electrons. The standard InChI is InChI=1S/C14H22N2O3S/c1-16(10-13-5-2-4-12(8-13)9-15)20(17,18)11-14-6-3-7-19-14/h2,4-5,8,14H,3,6-7,9-11,15H2,1H3. The molecule has 0 bridgehead atoms. The third kappa shape index (κ3) is 4.02. The molecule has 1 heterocycles. The van der Waals surface area contributed by atoms with Crippen LogP contribution in [-0.2, 0) is 27.8 Å². The van der Waals surface area contributed by atoms with E-state index in [0.29, 0.717) is 19.7 Å². The van der Waals surface area contributed by atoms with E-state index in [9.17, 15) is 8.42 Å². The number of hydrogen-bond donors (Lipinski definition) is 1. The predicted octanol–water partition coefficient (Wildman–Crippen LogP) is 1.09. The summed E-state index contributed by atoms with van der Waals surface area (Å²) in [5.74, 6) is 0.0695. The lowest BCUT2D eigenvalue weighted by Gasteiger charge is -2.19. The summed E-state index contributed by atoms with van der Waals surface area (Å²) >= 11 is 0. The maximum atomic E-state index is 12.3. The van der Waals surface area contributed by atoms with Crippen molar-refractivity contribution >= 4 is 10.0 Å². The molecule has 0 saturated carbocycles. The van der Waals surface area contributed by atoms with E-state index in [0.717, 1.165) is 24.0 Å². The van der Waals surface area contributed by atoms with E-state index in [2.05, 4.69) is 0 Å². The minimum atomic E-state index is -3.28. The number of ether oxygens (including phenoxy) is 1. The molecule has 1 aromatic carbocycles. The molecule has 1 aliphatic rings. The first-order chi connectivity index (χ1) is 9.51. The van der Waals surface area contributed by atoms with Crippen LogP contribution in [-0.4, -0.2) is 38.2 Å². The number of nitrogens with two attached hydrogens (primary N) is 1. The summed E-state index contributed by atoms with van der Waals surface area (Å²) in [6, 6.07) is 7.69. The molecule has 2 N–H and O–H groups in total. The van der Waals surface area contributed by atoms with Crippen molar-refractivity contribution in [1.82, 2.24) is 4.31 Å². The lowest BCUT2D eigenvalue weighted by Crippen LogP contribution is -2.33. The zero-order valence-corrected chi connectivity index (χ0v) is 12.6. The lowest BCUT2D eigenvalue weighted by atomic mass is 10.1. The Morgan fingerprint density at radius 3 is 2.80 bits per heavy atom. The number of nitrogens with zero attached hydrogens (tertiary/aromatic N) is 1. The van der Waals surface area contributed by atoms with Crippen LogP contribution in [0.15, 0.2) is 24.3 Å². The van der Waals surface area contributed by atoms with Crippen LogP contribution < -0.4 is 5.73 Å². The van der Waals surface area contributed by atoms with Crippen LogP contribution in [0, 0.1) is 0 Å². The zero-order chi connectivity index (χ0) is 14.6. The highest BCUT2D eigenvalue weighted by Gasteiger charge is 2.26. The third-order valence-electron chi connectivity index (χ3n) is 3.53. The van der Waals surface area contributed by atoms with E-state index in [4.69, 9.17) is 10.5 Å². The second-order valence-corrected chi connectivity index (χ2v) is 7.31. The molecule has 0 amide bonds. The Morgan fingerprint density at radius 2 is 2.15 bits per heavy atom. The SMILES string of the molecule is CN(Cc1cccc(CN)c1)S(=O)(=O)CC1CCCO1. The van der Waals surface area contributed by atoms with Crippen molar-refractivity contribution in [3.05, 3.63) is 35.4 Å². The summed E-state index contributed by atoms with van der Waals surface area (Å²) in [4.78, 5) is 0. The molecule has 1 fully saturated rings. The molecule has 0 aromatic heterocycles. The van der Waals surface area contributed by atoms with Crippen molar-refractivity contribution in [2.24, 2.45) is 5.73 Å². The van der Waals surface area contributed by atoms with Crippen molar-refractivity contribution in [3.63, 3.8) is 0 Å². The van der Waals surface area contributed by atoms with Gasteiger partial charge in [-0.25, -0.2) is 12.7 Å². The molecule has 20 heavy (non-hydrogen) atoms. The van der Waals surface area contributed by atoms with Gasteiger partial charge in [-0.2, -0.15) is 0 Å². The van der Waals surface area contributed by atoms with Gasteiger partial charge in [-0.3, -0.25) is 0 Å². The van der Waals surface area contributed by atoms with Crippen LogP contribution in [0.5, 0.6) is 0 Å². The van der Waals surface area contributed by atoms with Crippen LogP contribution in [0.2, 0.25) is 0 Å². The van der Waals surface area contributed by atoms with Gasteiger partial charge in [-0.05, 0) is 24.0 Å². The minimum absolute atomic E-state index is 0.0695. The second-order valence-electron chi connectivity index (χ2n) is 5.19. The summed E-state index contributed by atoms with van der Waals surface area (Å²) in [6.45, 7) is 1.49. The zero-order valence-electron chi connectivity index (χ0n) is 11.8. The first kappa shape index (κ1) is 15.4. The number of benzene rings is 1. The Labute approximate surface area is 120 Å². The van der Waals surface area contributed by atoms with Gasteiger partial charge in [0.25, 0.3) is 0 Å². The van der Waals surface area contributed by atoms with Gasteiger partial charge in [-0.15, -0.1) is 0 Å². The molecule has 1 aliphatic heterocycles. The fourth-order valence-corrected chi connectivity index (χ4v) is 3.68. The quantitative estimate of drug-likeness (QED) is 0.853. The summed E-state index contributed by atoms with van der Waals surface area (Å²) in [5, 5.41) is 0. The Kier molecular flexibility index (Phi) is 5.15. The molecule has 0 aliphatic carbocycles. The first-order valence-corrected chi connectivity index (χ1v) is 8.45. The minimum Gasteiger partial charge on any atom is -0.377 e. The van der Waals surface area contributed by atoms with Crippen molar-refractivity contribution in [2.45, 2.75) is 32.0 Å². The smallest absolute Gasteiger partial charge is 0.216 e. The van der Waals surface area contributed by atoms with Crippen LogP contribution in [0.1, 0.15) is 24.0 Å². The second kappa shape index (κ2) is 6.67. The van der Waals surface area contributed by atoms with E-state index in [1.807, 2.05) is 24.3 Å². The molecule has 1 atom stereocenters. The van der Waals surface area contributed by atoms with Gasteiger partial charge in [0.2, 0.25) is 10.0 Å². The Bertz CT molecular complexity index is 539. The summed E-state index contributed by atoms with van der Waals surface area (Å²) in [5.41, 5.74) is 7.55. The highest BCUT2D eigenvalue weighted by atomic mass is 32.2. The molecule has 1 unspecified atom stereocenters. The molecule has 1 aromatic rings. The Morgan fingerprint density at radius 1 is 1.40 bits per heavy atom.